The van der Waals surface area contributed by atoms with Crippen molar-refractivity contribution in [2.75, 3.05) is 13.6 Å². The second-order valence-corrected chi connectivity index (χ2v) is 6.92. The number of nitrogens with one attached hydrogen (secondary N) is 1. The Kier molecular flexibility index (Phi) is 6.21. The number of hydrogen-bond acceptors (Lipinski definition) is 4. The van der Waals surface area contributed by atoms with Gasteiger partial charge < -0.3 is 14.8 Å². The highest BCUT2D eigenvalue weighted by atomic mass is 16.2. The molecule has 0 radical (unpaired) electrons. The van der Waals surface area contributed by atoms with Crippen LogP contribution in [0, 0.1) is 0 Å². The maximum Gasteiger partial charge on any atom is 0.287 e. The fourth-order valence-electron chi connectivity index (χ4n) is 3.32. The summed E-state index contributed by atoms with van der Waals surface area (Å²) in [5.41, 5.74) is 2.10. The van der Waals surface area contributed by atoms with Gasteiger partial charge in [-0.25, -0.2) is 4.98 Å². The van der Waals surface area contributed by atoms with E-state index >= 15 is 0 Å². The quantitative estimate of drug-likeness (QED) is 0.813. The molecular formula is C20H27N5O2. The Morgan fingerprint density at radius 3 is 2.89 bits per heavy atom. The van der Waals surface area contributed by atoms with Gasteiger partial charge in [0.1, 0.15) is 5.69 Å². The van der Waals surface area contributed by atoms with Crippen LogP contribution in [-0.2, 0) is 19.5 Å². The van der Waals surface area contributed by atoms with Crippen molar-refractivity contribution in [2.24, 2.45) is 0 Å². The molecule has 7 nitrogen and oxygen atoms in total. The van der Waals surface area contributed by atoms with E-state index in [1.165, 1.54) is 0 Å². The molecule has 0 bridgehead atoms. The number of fused-ring (bicyclic) bond motifs is 1. The predicted molar refractivity (Wildman–Crippen MR) is 102 cm³/mol. The third kappa shape index (κ3) is 4.35. The van der Waals surface area contributed by atoms with E-state index < -0.39 is 0 Å². The molecule has 0 fully saturated rings. The summed E-state index contributed by atoms with van der Waals surface area (Å²) in [5, 5.41) is 2.87. The summed E-state index contributed by atoms with van der Waals surface area (Å²) >= 11 is 0. The fraction of sp³-hybridized carbons (Fsp3) is 0.500. The highest BCUT2D eigenvalue weighted by Gasteiger charge is 2.28. The van der Waals surface area contributed by atoms with Crippen molar-refractivity contribution >= 4 is 11.8 Å². The van der Waals surface area contributed by atoms with Gasteiger partial charge >= 0.3 is 0 Å². The molecule has 7 heteroatoms. The third-order valence-electron chi connectivity index (χ3n) is 4.87. The molecule has 1 aliphatic heterocycles. The average Bonchev–Trinajstić information content (AvgIpc) is 3.10. The van der Waals surface area contributed by atoms with Crippen LogP contribution in [0.4, 0.5) is 0 Å². The lowest BCUT2D eigenvalue weighted by Crippen LogP contribution is -2.29. The summed E-state index contributed by atoms with van der Waals surface area (Å²) in [4.78, 5) is 36.0. The van der Waals surface area contributed by atoms with Gasteiger partial charge in [0.25, 0.3) is 11.8 Å². The average molecular weight is 369 g/mol. The van der Waals surface area contributed by atoms with Crippen molar-refractivity contribution in [3.8, 4) is 0 Å². The van der Waals surface area contributed by atoms with Crippen molar-refractivity contribution in [3.63, 3.8) is 0 Å². The number of hydrogen-bond donors (Lipinski definition) is 1. The molecule has 27 heavy (non-hydrogen) atoms. The van der Waals surface area contributed by atoms with Crippen molar-refractivity contribution < 1.29 is 9.59 Å². The lowest BCUT2D eigenvalue weighted by molar-refractivity contribution is 0.0786. The minimum Gasteiger partial charge on any atom is -0.344 e. The summed E-state index contributed by atoms with van der Waals surface area (Å²) in [6.45, 7) is 3.85. The molecule has 0 spiro atoms. The third-order valence-corrected chi connectivity index (χ3v) is 4.87. The van der Waals surface area contributed by atoms with Gasteiger partial charge in [0.15, 0.2) is 5.82 Å². The molecule has 2 amide bonds. The lowest BCUT2D eigenvalue weighted by atomic mass is 10.1. The highest BCUT2D eigenvalue weighted by Crippen LogP contribution is 2.22. The predicted octanol–water partition coefficient (Wildman–Crippen LogP) is 2.42. The zero-order valence-corrected chi connectivity index (χ0v) is 16.1. The van der Waals surface area contributed by atoms with Gasteiger partial charge in [-0.15, -0.1) is 0 Å². The Hall–Kier alpha value is -2.70. The smallest absolute Gasteiger partial charge is 0.287 e. The molecule has 0 aromatic carbocycles. The Bertz CT molecular complexity index is 800. The fourth-order valence-corrected chi connectivity index (χ4v) is 3.32. The molecule has 2 aromatic rings. The molecule has 0 atom stereocenters. The first-order valence-corrected chi connectivity index (χ1v) is 9.64. The number of imidazole rings is 1. The first-order valence-electron chi connectivity index (χ1n) is 9.64. The Labute approximate surface area is 159 Å². The van der Waals surface area contributed by atoms with Crippen LogP contribution in [-0.4, -0.2) is 44.8 Å². The van der Waals surface area contributed by atoms with Gasteiger partial charge in [0, 0.05) is 26.3 Å². The molecule has 144 valence electrons. The number of unbranched alkanes of at least 4 members (excludes halogenated alkanes) is 1. The van der Waals surface area contributed by atoms with Crippen LogP contribution in [0.3, 0.4) is 0 Å². The summed E-state index contributed by atoms with van der Waals surface area (Å²) in [7, 11) is 1.80. The molecule has 0 aliphatic carbocycles. The summed E-state index contributed by atoms with van der Waals surface area (Å²) in [5.74, 6) is -0.0372. The van der Waals surface area contributed by atoms with Gasteiger partial charge in [0.2, 0.25) is 0 Å². The Morgan fingerprint density at radius 2 is 2.15 bits per heavy atom. The van der Waals surface area contributed by atoms with E-state index in [4.69, 9.17) is 0 Å². The summed E-state index contributed by atoms with van der Waals surface area (Å²) < 4.78 is 1.91. The molecule has 3 heterocycles. The van der Waals surface area contributed by atoms with Crippen LogP contribution in [0.25, 0.3) is 0 Å². The zero-order valence-electron chi connectivity index (χ0n) is 16.1. The standard InChI is InChI=1S/C20H27N5O2/c1-3-4-12-24(2)20(27)17-16-10-6-8-13-25(16)18(23-17)19(26)22-14-15-9-5-7-11-21-15/h5,7,9,11H,3-4,6,8,10,12-14H2,1-2H3,(H,22,26). The van der Waals surface area contributed by atoms with Crippen molar-refractivity contribution in [1.29, 1.82) is 0 Å². The number of carbonyl (C=O) groups excluding carboxylic acids is 2. The van der Waals surface area contributed by atoms with Crippen molar-refractivity contribution in [2.45, 2.75) is 52.1 Å². The number of aromatic nitrogens is 3. The molecule has 0 unspecified atom stereocenters. The zero-order chi connectivity index (χ0) is 19.2. The van der Waals surface area contributed by atoms with Gasteiger partial charge in [-0.2, -0.15) is 0 Å². The number of nitrogens with zero attached hydrogens (tertiary/aromatic N) is 4. The van der Waals surface area contributed by atoms with Crippen molar-refractivity contribution in [3.05, 3.63) is 47.3 Å². The van der Waals surface area contributed by atoms with E-state index in [1.54, 1.807) is 18.1 Å². The van der Waals surface area contributed by atoms with Crippen molar-refractivity contribution in [1.82, 2.24) is 24.8 Å². The Balaban J connectivity index is 1.80. The molecule has 2 aromatic heterocycles. The second kappa shape index (κ2) is 8.79. The van der Waals surface area contributed by atoms with Gasteiger partial charge in [-0.05, 0) is 37.8 Å². The molecule has 3 rings (SSSR count). The van der Waals surface area contributed by atoms with E-state index in [0.717, 1.165) is 50.0 Å². The number of pyridine rings is 1. The molecule has 1 N–H and O–H groups in total. The van der Waals surface area contributed by atoms with Crippen LogP contribution < -0.4 is 5.32 Å². The SMILES string of the molecule is CCCCN(C)C(=O)c1nc(C(=O)NCc2ccccn2)n2c1CCCC2. The van der Waals surface area contributed by atoms with Crippen LogP contribution in [0.1, 0.15) is 65.1 Å². The number of rotatable bonds is 7. The Morgan fingerprint density at radius 1 is 1.30 bits per heavy atom. The minimum atomic E-state index is -0.265. The molecule has 0 saturated carbocycles. The molecule has 0 saturated heterocycles. The van der Waals surface area contributed by atoms with E-state index in [9.17, 15) is 9.59 Å². The molecule has 1 aliphatic rings. The van der Waals surface area contributed by atoms with Gasteiger partial charge in [-0.3, -0.25) is 14.6 Å². The van der Waals surface area contributed by atoms with Gasteiger partial charge in [0.05, 0.1) is 17.9 Å². The highest BCUT2D eigenvalue weighted by molar-refractivity contribution is 5.97. The monoisotopic (exact) mass is 369 g/mol. The van der Waals surface area contributed by atoms with Crippen LogP contribution in [0.5, 0.6) is 0 Å². The normalized spacial score (nSPS) is 13.1. The maximum atomic E-state index is 12.8. The van der Waals surface area contributed by atoms with E-state index in [0.29, 0.717) is 24.6 Å². The van der Waals surface area contributed by atoms with Crippen LogP contribution >= 0.6 is 0 Å². The molecular weight excluding hydrogens is 342 g/mol. The van der Waals surface area contributed by atoms with Gasteiger partial charge in [-0.1, -0.05) is 19.4 Å². The maximum absolute atomic E-state index is 12.8. The lowest BCUT2D eigenvalue weighted by Gasteiger charge is -2.19. The first kappa shape index (κ1) is 19.1. The van der Waals surface area contributed by atoms with E-state index in [1.807, 2.05) is 22.8 Å². The topological polar surface area (TPSA) is 80.1 Å². The van der Waals surface area contributed by atoms with Crippen LogP contribution in [0.15, 0.2) is 24.4 Å². The number of carbonyl (C=O) groups is 2. The second-order valence-electron chi connectivity index (χ2n) is 6.92. The van der Waals surface area contributed by atoms with Crippen LogP contribution in [0.2, 0.25) is 0 Å². The van der Waals surface area contributed by atoms with E-state index in [-0.39, 0.29) is 11.8 Å². The minimum absolute atomic E-state index is 0.0992. The number of amides is 2. The largest absolute Gasteiger partial charge is 0.344 e. The summed E-state index contributed by atoms with van der Waals surface area (Å²) in [6, 6.07) is 5.58. The first-order chi connectivity index (χ1) is 13.1. The summed E-state index contributed by atoms with van der Waals surface area (Å²) in [6.07, 6.45) is 6.46. The van der Waals surface area contributed by atoms with E-state index in [2.05, 4.69) is 22.2 Å².